The van der Waals surface area contributed by atoms with Crippen LogP contribution in [0.4, 0.5) is 10.1 Å². The Labute approximate surface area is 184 Å². The maximum Gasteiger partial charge on any atom is 0.254 e. The molecule has 0 radical (unpaired) electrons. The summed E-state index contributed by atoms with van der Waals surface area (Å²) in [4.78, 5) is 28.8. The fourth-order valence-corrected chi connectivity index (χ4v) is 3.57. The zero-order valence-corrected chi connectivity index (χ0v) is 17.4. The molecular weight excluding hydrogens is 421 g/mol. The minimum absolute atomic E-state index is 0.106. The van der Waals surface area contributed by atoms with Gasteiger partial charge in [0, 0.05) is 43.1 Å². The molecule has 1 aromatic heterocycles. The molecule has 160 valence electrons. The average Bonchev–Trinajstić information content (AvgIpc) is 3.28. The van der Waals surface area contributed by atoms with Crippen LogP contribution in [0.2, 0.25) is 5.02 Å². The summed E-state index contributed by atoms with van der Waals surface area (Å²) in [7, 11) is 0. The Morgan fingerprint density at radius 1 is 1.03 bits per heavy atom. The van der Waals surface area contributed by atoms with Crippen LogP contribution in [0.25, 0.3) is 5.69 Å². The van der Waals surface area contributed by atoms with Gasteiger partial charge in [-0.05, 0) is 36.4 Å². The van der Waals surface area contributed by atoms with Crippen LogP contribution in [0.5, 0.6) is 0 Å². The lowest BCUT2D eigenvalue weighted by molar-refractivity contribution is -0.130. The third-order valence-electron chi connectivity index (χ3n) is 5.17. The van der Waals surface area contributed by atoms with E-state index in [0.717, 1.165) is 5.69 Å². The number of carbonyl (C=O) groups excluding carboxylic acids is 2. The molecule has 0 bridgehead atoms. The molecule has 0 aliphatic carbocycles. The second kappa shape index (κ2) is 9.18. The van der Waals surface area contributed by atoms with Gasteiger partial charge in [0.05, 0.1) is 18.3 Å². The normalized spacial score (nSPS) is 13.9. The van der Waals surface area contributed by atoms with Crippen LogP contribution in [0.15, 0.2) is 60.9 Å². The fraction of sp³-hybridized carbons (Fsp3) is 0.227. The van der Waals surface area contributed by atoms with Crippen LogP contribution in [0, 0.1) is 5.82 Å². The van der Waals surface area contributed by atoms with Crippen LogP contribution < -0.4 is 10.2 Å². The Hall–Kier alpha value is -3.39. The van der Waals surface area contributed by atoms with Crippen molar-refractivity contribution in [3.8, 4) is 5.69 Å². The maximum absolute atomic E-state index is 13.9. The van der Waals surface area contributed by atoms with Crippen LogP contribution in [-0.2, 0) is 4.79 Å². The van der Waals surface area contributed by atoms with E-state index in [1.165, 1.54) is 23.1 Å². The number of halogens is 2. The van der Waals surface area contributed by atoms with E-state index in [-0.39, 0.29) is 23.7 Å². The molecule has 9 heteroatoms. The zero-order chi connectivity index (χ0) is 21.8. The number of amides is 2. The number of para-hydroxylation sites is 1. The van der Waals surface area contributed by atoms with E-state index in [1.54, 1.807) is 23.1 Å². The van der Waals surface area contributed by atoms with E-state index in [2.05, 4.69) is 15.3 Å². The minimum Gasteiger partial charge on any atom is -0.368 e. The maximum atomic E-state index is 13.9. The predicted octanol–water partition coefficient (Wildman–Crippen LogP) is 2.74. The standard InChI is InChI=1S/C22H21ClFN5O2/c23-17-5-7-18(8-6-17)27-9-11-28(12-10-27)21(30)14-25-22(31)16-13-26-29(15-16)20-4-2-1-3-19(20)24/h1-8,13,15H,9-12,14H2,(H,25,31). The Balaban J connectivity index is 1.28. The summed E-state index contributed by atoms with van der Waals surface area (Å²) < 4.78 is 15.2. The van der Waals surface area contributed by atoms with E-state index >= 15 is 0 Å². The van der Waals surface area contributed by atoms with E-state index in [9.17, 15) is 14.0 Å². The van der Waals surface area contributed by atoms with Crippen molar-refractivity contribution in [2.75, 3.05) is 37.6 Å². The molecule has 0 saturated carbocycles. The number of rotatable bonds is 5. The molecule has 7 nitrogen and oxygen atoms in total. The predicted molar refractivity (Wildman–Crippen MR) is 116 cm³/mol. The van der Waals surface area contributed by atoms with Crippen molar-refractivity contribution in [3.05, 3.63) is 77.3 Å². The van der Waals surface area contributed by atoms with Gasteiger partial charge in [-0.25, -0.2) is 9.07 Å². The van der Waals surface area contributed by atoms with Crippen molar-refractivity contribution < 1.29 is 14.0 Å². The van der Waals surface area contributed by atoms with Gasteiger partial charge in [-0.1, -0.05) is 23.7 Å². The second-order valence-corrected chi connectivity index (χ2v) is 7.59. The third kappa shape index (κ3) is 4.86. The number of anilines is 1. The molecule has 4 rings (SSSR count). The summed E-state index contributed by atoms with van der Waals surface area (Å²) in [5.74, 6) is -1.02. The lowest BCUT2D eigenvalue weighted by Gasteiger charge is -2.36. The Kier molecular flexibility index (Phi) is 6.18. The monoisotopic (exact) mass is 441 g/mol. The van der Waals surface area contributed by atoms with Gasteiger partial charge in [0.2, 0.25) is 5.91 Å². The molecule has 2 heterocycles. The average molecular weight is 442 g/mol. The minimum atomic E-state index is -0.439. The first-order chi connectivity index (χ1) is 15.0. The van der Waals surface area contributed by atoms with Crippen molar-refractivity contribution in [2.24, 2.45) is 0 Å². The van der Waals surface area contributed by atoms with Crippen LogP contribution in [-0.4, -0.2) is 59.2 Å². The number of aromatic nitrogens is 2. The number of nitrogens with zero attached hydrogens (tertiary/aromatic N) is 4. The lowest BCUT2D eigenvalue weighted by Crippen LogP contribution is -2.51. The number of benzene rings is 2. The topological polar surface area (TPSA) is 70.5 Å². The molecule has 2 aromatic carbocycles. The molecule has 1 fully saturated rings. The summed E-state index contributed by atoms with van der Waals surface area (Å²) in [6, 6.07) is 13.8. The van der Waals surface area contributed by atoms with Crippen molar-refractivity contribution in [1.82, 2.24) is 20.0 Å². The Bertz CT molecular complexity index is 1080. The van der Waals surface area contributed by atoms with Gasteiger partial charge >= 0.3 is 0 Å². The summed E-state index contributed by atoms with van der Waals surface area (Å²) in [5.41, 5.74) is 1.57. The number of piperazine rings is 1. The highest BCUT2D eigenvalue weighted by molar-refractivity contribution is 6.30. The van der Waals surface area contributed by atoms with Gasteiger partial charge in [0.25, 0.3) is 5.91 Å². The summed E-state index contributed by atoms with van der Waals surface area (Å²) in [5, 5.41) is 7.34. The van der Waals surface area contributed by atoms with Gasteiger partial charge in [0.15, 0.2) is 0 Å². The highest BCUT2D eigenvalue weighted by Gasteiger charge is 2.22. The van der Waals surface area contributed by atoms with Crippen molar-refractivity contribution in [3.63, 3.8) is 0 Å². The molecule has 3 aromatic rings. The number of hydrogen-bond acceptors (Lipinski definition) is 4. The molecule has 2 amide bonds. The van der Waals surface area contributed by atoms with Gasteiger partial charge in [0.1, 0.15) is 11.5 Å². The molecule has 1 aliphatic heterocycles. The number of carbonyl (C=O) groups is 2. The van der Waals surface area contributed by atoms with Gasteiger partial charge in [-0.3, -0.25) is 9.59 Å². The molecular formula is C22H21ClFN5O2. The van der Waals surface area contributed by atoms with E-state index in [1.807, 2.05) is 24.3 Å². The van der Waals surface area contributed by atoms with Gasteiger partial charge in [-0.2, -0.15) is 5.10 Å². The quantitative estimate of drug-likeness (QED) is 0.661. The Morgan fingerprint density at radius 2 is 1.74 bits per heavy atom. The molecule has 0 unspecified atom stereocenters. The molecule has 1 N–H and O–H groups in total. The summed E-state index contributed by atoms with van der Waals surface area (Å²) in [6.45, 7) is 2.45. The smallest absolute Gasteiger partial charge is 0.254 e. The molecule has 0 atom stereocenters. The SMILES string of the molecule is O=C(NCC(=O)N1CCN(c2ccc(Cl)cc2)CC1)c1cnn(-c2ccccc2F)c1. The molecule has 0 spiro atoms. The molecule has 1 saturated heterocycles. The highest BCUT2D eigenvalue weighted by atomic mass is 35.5. The van der Waals surface area contributed by atoms with E-state index in [0.29, 0.717) is 31.2 Å². The van der Waals surface area contributed by atoms with E-state index < -0.39 is 11.7 Å². The van der Waals surface area contributed by atoms with Crippen LogP contribution in [0.1, 0.15) is 10.4 Å². The largest absolute Gasteiger partial charge is 0.368 e. The third-order valence-corrected chi connectivity index (χ3v) is 5.42. The number of hydrogen-bond donors (Lipinski definition) is 1. The first-order valence-electron chi connectivity index (χ1n) is 9.87. The van der Waals surface area contributed by atoms with Crippen LogP contribution >= 0.6 is 11.6 Å². The lowest BCUT2D eigenvalue weighted by atomic mass is 10.2. The highest BCUT2D eigenvalue weighted by Crippen LogP contribution is 2.19. The van der Waals surface area contributed by atoms with Gasteiger partial charge in [-0.15, -0.1) is 0 Å². The van der Waals surface area contributed by atoms with Gasteiger partial charge < -0.3 is 15.1 Å². The molecule has 31 heavy (non-hydrogen) atoms. The number of nitrogens with one attached hydrogen (secondary N) is 1. The summed E-state index contributed by atoms with van der Waals surface area (Å²) in [6.07, 6.45) is 2.78. The first kappa shape index (κ1) is 20.9. The second-order valence-electron chi connectivity index (χ2n) is 7.15. The first-order valence-corrected chi connectivity index (χ1v) is 10.2. The fourth-order valence-electron chi connectivity index (χ4n) is 3.45. The Morgan fingerprint density at radius 3 is 2.45 bits per heavy atom. The molecule has 1 aliphatic rings. The van der Waals surface area contributed by atoms with Crippen molar-refractivity contribution in [2.45, 2.75) is 0 Å². The van der Waals surface area contributed by atoms with Crippen LogP contribution in [0.3, 0.4) is 0 Å². The van der Waals surface area contributed by atoms with Crippen molar-refractivity contribution >= 4 is 29.1 Å². The van der Waals surface area contributed by atoms with E-state index in [4.69, 9.17) is 11.6 Å². The van der Waals surface area contributed by atoms with Crippen molar-refractivity contribution in [1.29, 1.82) is 0 Å². The summed E-state index contributed by atoms with van der Waals surface area (Å²) >= 11 is 5.93. The zero-order valence-electron chi connectivity index (χ0n) is 16.7.